The Bertz CT molecular complexity index is 375. The van der Waals surface area contributed by atoms with Gasteiger partial charge >= 0.3 is 21.7 Å². The molecule has 0 saturated heterocycles. The fourth-order valence-electron chi connectivity index (χ4n) is 5.88. The number of hydrogen-bond acceptors (Lipinski definition) is 1. The van der Waals surface area contributed by atoms with E-state index in [-0.39, 0.29) is 34.1 Å². The van der Waals surface area contributed by atoms with Crippen molar-refractivity contribution in [2.24, 2.45) is 0 Å². The maximum atomic E-state index is 8.29. The molecule has 0 heterocycles. The van der Waals surface area contributed by atoms with Crippen LogP contribution in [0.3, 0.4) is 0 Å². The van der Waals surface area contributed by atoms with E-state index in [1.807, 2.05) is 0 Å². The Morgan fingerprint density at radius 2 is 0.426 bits per heavy atom. The Kier molecular flexibility index (Phi) is 75.6. The quantitative estimate of drug-likeness (QED) is 0.0508. The number of aliphatic hydroxyl groups excluding tert-OH is 1. The van der Waals surface area contributed by atoms with Crippen molar-refractivity contribution in [3.8, 4) is 0 Å². The fourth-order valence-corrected chi connectivity index (χ4v) is 5.88. The Hall–Kier alpha value is 0.884. The monoisotopic (exact) mass is 723 g/mol. The van der Waals surface area contributed by atoms with E-state index in [1.165, 1.54) is 212 Å². The Balaban J connectivity index is -0.000000201. The van der Waals surface area contributed by atoms with Gasteiger partial charge in [-0.1, -0.05) is 245 Å². The Labute approximate surface area is 320 Å². The summed E-state index contributed by atoms with van der Waals surface area (Å²) in [6, 6.07) is 0. The van der Waals surface area contributed by atoms with E-state index in [0.29, 0.717) is 19.7 Å². The smallest absolute Gasteiger partial charge is 0.677 e. The molecule has 5 heteroatoms. The molecule has 0 aromatic rings. The Morgan fingerprint density at radius 3 is 0.574 bits per heavy atom. The summed E-state index contributed by atoms with van der Waals surface area (Å²) in [5.74, 6) is 0. The minimum atomic E-state index is 0. The van der Waals surface area contributed by atoms with Crippen LogP contribution in [0.15, 0.2) is 0 Å². The molecule has 0 aliphatic heterocycles. The van der Waals surface area contributed by atoms with Crippen LogP contribution < -0.4 is 0 Å². The molecule has 47 heavy (non-hydrogen) atoms. The average molecular weight is 724 g/mol. The third kappa shape index (κ3) is 69.4. The maximum Gasteiger partial charge on any atom is 2.00 e. The molecular formula is C42H91ClN2OTi. The first-order valence-corrected chi connectivity index (χ1v) is 21.1. The van der Waals surface area contributed by atoms with Gasteiger partial charge in [-0.15, -0.1) is 12.4 Å². The number of unbranched alkanes of at least 4 members (excludes halogenated alkanes) is 33. The van der Waals surface area contributed by atoms with Gasteiger partial charge in [-0.3, -0.25) is 0 Å². The summed E-state index contributed by atoms with van der Waals surface area (Å²) in [6.07, 6.45) is 49.7. The molecule has 0 radical (unpaired) electrons. The van der Waals surface area contributed by atoms with Gasteiger partial charge in [0.15, 0.2) is 0 Å². The van der Waals surface area contributed by atoms with Crippen LogP contribution >= 0.6 is 12.4 Å². The molecule has 0 amide bonds. The average Bonchev–Trinajstić information content (AvgIpc) is 3.05. The van der Waals surface area contributed by atoms with Gasteiger partial charge in [-0.2, -0.15) is 13.1 Å². The standard InChI is InChI=1S/2C18H38N.C6H14O.ClH.Ti/c2*1-2-3-4-5-6-7-8-9-10-11-12-13-14-15-16-17-18-19;1-2-3-4-5-6-7;;/h2*19H,2-18H2,1H3;7H,2-6H2,1H3;1H;/q2*-1;;;+2. The number of aliphatic hydroxyl groups is 1. The van der Waals surface area contributed by atoms with Crippen LogP contribution in [0.2, 0.25) is 0 Å². The third-order valence-corrected chi connectivity index (χ3v) is 9.07. The number of hydrogen-bond donors (Lipinski definition) is 1. The van der Waals surface area contributed by atoms with Gasteiger partial charge in [0.05, 0.1) is 0 Å². The molecule has 0 rings (SSSR count). The van der Waals surface area contributed by atoms with Gasteiger partial charge in [-0.05, 0) is 6.42 Å². The van der Waals surface area contributed by atoms with Crippen LogP contribution in [0.25, 0.3) is 11.5 Å². The van der Waals surface area contributed by atoms with Crippen LogP contribution in [-0.4, -0.2) is 24.8 Å². The molecule has 0 aromatic heterocycles. The molecule has 0 aromatic carbocycles. The van der Waals surface area contributed by atoms with Gasteiger partial charge < -0.3 is 16.6 Å². The molecular weight excluding hydrogens is 632 g/mol. The zero-order valence-corrected chi connectivity index (χ0v) is 35.3. The Morgan fingerprint density at radius 1 is 0.277 bits per heavy atom. The molecule has 0 atom stereocenters. The summed E-state index contributed by atoms with van der Waals surface area (Å²) in [7, 11) is 0. The topological polar surface area (TPSA) is 67.8 Å². The normalized spacial score (nSPS) is 10.3. The molecule has 3 nitrogen and oxygen atoms in total. The molecule has 286 valence electrons. The van der Waals surface area contributed by atoms with Crippen LogP contribution in [0.5, 0.6) is 0 Å². The predicted octanol–water partition coefficient (Wildman–Crippen LogP) is 16.6. The van der Waals surface area contributed by atoms with Crippen molar-refractivity contribution in [3.63, 3.8) is 0 Å². The summed E-state index contributed by atoms with van der Waals surface area (Å²) < 4.78 is 0. The van der Waals surface area contributed by atoms with E-state index in [9.17, 15) is 0 Å². The summed E-state index contributed by atoms with van der Waals surface area (Å²) in [4.78, 5) is 0. The van der Waals surface area contributed by atoms with Crippen molar-refractivity contribution in [2.75, 3.05) is 19.7 Å². The van der Waals surface area contributed by atoms with E-state index < -0.39 is 0 Å². The second-order valence-electron chi connectivity index (χ2n) is 13.9. The molecule has 0 spiro atoms. The molecule has 0 bridgehead atoms. The fraction of sp³-hybridized carbons (Fsp3) is 1.00. The molecule has 0 fully saturated rings. The summed E-state index contributed by atoms with van der Waals surface area (Å²) in [6.45, 7) is 8.35. The third-order valence-electron chi connectivity index (χ3n) is 9.07. The van der Waals surface area contributed by atoms with E-state index in [0.717, 1.165) is 19.3 Å². The molecule has 0 aliphatic carbocycles. The van der Waals surface area contributed by atoms with Gasteiger partial charge in [0, 0.05) is 6.61 Å². The predicted molar refractivity (Wildman–Crippen MR) is 216 cm³/mol. The maximum absolute atomic E-state index is 8.29. The van der Waals surface area contributed by atoms with Gasteiger partial charge in [0.25, 0.3) is 0 Å². The summed E-state index contributed by atoms with van der Waals surface area (Å²) in [5.41, 5.74) is 14.2. The van der Waals surface area contributed by atoms with E-state index in [4.69, 9.17) is 16.6 Å². The van der Waals surface area contributed by atoms with Crippen molar-refractivity contribution >= 4 is 12.4 Å². The minimum absolute atomic E-state index is 0. The van der Waals surface area contributed by atoms with Crippen LogP contribution in [-0.2, 0) is 21.7 Å². The first-order valence-electron chi connectivity index (χ1n) is 21.1. The molecule has 0 unspecified atom stereocenters. The van der Waals surface area contributed by atoms with E-state index in [2.05, 4.69) is 20.8 Å². The first kappa shape index (κ1) is 57.2. The summed E-state index contributed by atoms with van der Waals surface area (Å²) >= 11 is 0. The second-order valence-corrected chi connectivity index (χ2v) is 13.9. The second kappa shape index (κ2) is 62.1. The SMILES string of the molecule is CCCCCCCCCCCCCCCCCC[NH-].CCCCCCCCCCCCCCCCCC[NH-].CCCCCCO.Cl.[Ti+2]. The van der Waals surface area contributed by atoms with Crippen LogP contribution in [0.1, 0.15) is 252 Å². The first-order chi connectivity index (χ1) is 22.2. The van der Waals surface area contributed by atoms with Gasteiger partial charge in [0.1, 0.15) is 0 Å². The number of rotatable bonds is 36. The number of halogens is 1. The van der Waals surface area contributed by atoms with Crippen LogP contribution in [0, 0.1) is 0 Å². The summed E-state index contributed by atoms with van der Waals surface area (Å²) in [5, 5.41) is 8.29. The molecule has 0 aliphatic rings. The van der Waals surface area contributed by atoms with Crippen molar-refractivity contribution in [3.05, 3.63) is 11.5 Å². The van der Waals surface area contributed by atoms with Crippen molar-refractivity contribution < 1.29 is 26.8 Å². The number of nitrogens with one attached hydrogen (secondary N) is 2. The molecule has 3 N–H and O–H groups in total. The van der Waals surface area contributed by atoms with Crippen molar-refractivity contribution in [1.82, 2.24) is 0 Å². The van der Waals surface area contributed by atoms with Crippen molar-refractivity contribution in [2.45, 2.75) is 252 Å². The van der Waals surface area contributed by atoms with E-state index in [1.54, 1.807) is 0 Å². The molecule has 0 saturated carbocycles. The van der Waals surface area contributed by atoms with Crippen LogP contribution in [0.4, 0.5) is 0 Å². The minimum Gasteiger partial charge on any atom is -0.677 e. The zero-order valence-electron chi connectivity index (χ0n) is 32.9. The largest absolute Gasteiger partial charge is 2.00 e. The van der Waals surface area contributed by atoms with Gasteiger partial charge in [0.2, 0.25) is 0 Å². The zero-order chi connectivity index (χ0) is 33.6. The van der Waals surface area contributed by atoms with E-state index >= 15 is 0 Å². The van der Waals surface area contributed by atoms with Crippen molar-refractivity contribution in [1.29, 1.82) is 0 Å². The van der Waals surface area contributed by atoms with Gasteiger partial charge in [-0.25, -0.2) is 0 Å².